The van der Waals surface area contributed by atoms with Crippen LogP contribution in [0.5, 0.6) is 0 Å². The quantitative estimate of drug-likeness (QED) is 0.0290. The smallest absolute Gasteiger partial charge is 0.303 e. The van der Waals surface area contributed by atoms with Crippen LogP contribution < -0.4 is 0 Å². The second-order valence-electron chi connectivity index (χ2n) is 26.0. The van der Waals surface area contributed by atoms with Crippen molar-refractivity contribution in [3.63, 3.8) is 0 Å². The zero-order valence-electron chi connectivity index (χ0n) is 54.0. The molecule has 10 heteroatoms. The molecule has 12 rings (SSSR count). The lowest BCUT2D eigenvalue weighted by molar-refractivity contribution is -0.138. The van der Waals surface area contributed by atoms with Crippen molar-refractivity contribution in [1.29, 1.82) is 0 Å². The van der Waals surface area contributed by atoms with Gasteiger partial charge < -0.3 is 39.4 Å². The molecule has 0 bridgehead atoms. The molecule has 3 unspecified atom stereocenters. The lowest BCUT2D eigenvalue weighted by Crippen LogP contribution is -2.30. The van der Waals surface area contributed by atoms with Gasteiger partial charge in [0, 0.05) is 67.7 Å². The Morgan fingerprint density at radius 1 is 0.435 bits per heavy atom. The highest BCUT2D eigenvalue weighted by Gasteiger charge is 2.60. The van der Waals surface area contributed by atoms with Crippen molar-refractivity contribution < 1.29 is 49.0 Å². The predicted octanol–water partition coefficient (Wildman–Crippen LogP) is 17.9. The molecule has 6 aliphatic rings. The molecule has 3 fully saturated rings. The summed E-state index contributed by atoms with van der Waals surface area (Å²) in [5.74, 6) is -0.774. The number of carboxylic acids is 2. The summed E-state index contributed by atoms with van der Waals surface area (Å²) < 4.78 is 22.9. The molecule has 0 spiro atoms. The van der Waals surface area contributed by atoms with Crippen LogP contribution >= 0.6 is 0 Å². The number of aliphatic hydroxyl groups is 2. The Balaban J connectivity index is 0.000000151. The van der Waals surface area contributed by atoms with Gasteiger partial charge in [-0.1, -0.05) is 218 Å². The Hall–Kier alpha value is -7.54. The molecule has 0 saturated heterocycles. The first kappa shape index (κ1) is 67.4. The number of benzene rings is 6. The van der Waals surface area contributed by atoms with E-state index in [-0.39, 0.29) is 72.6 Å². The van der Waals surface area contributed by atoms with Gasteiger partial charge in [0.05, 0.1) is 18.3 Å². The lowest BCUT2D eigenvalue weighted by atomic mass is 9.66. The van der Waals surface area contributed by atoms with Gasteiger partial charge in [-0.3, -0.25) is 9.59 Å². The number of allylic oxidation sites excluding steroid dienone is 9. The maximum Gasteiger partial charge on any atom is 0.303 e. The van der Waals surface area contributed by atoms with Gasteiger partial charge >= 0.3 is 11.9 Å². The van der Waals surface area contributed by atoms with Crippen LogP contribution in [0, 0.1) is 34.0 Å². The van der Waals surface area contributed by atoms with Crippen molar-refractivity contribution in [2.75, 3.05) is 34.4 Å². The third-order valence-electron chi connectivity index (χ3n) is 21.1. The number of carbonyl (C=O) groups is 2. The van der Waals surface area contributed by atoms with Crippen LogP contribution in [0.3, 0.4) is 0 Å². The van der Waals surface area contributed by atoms with E-state index in [1.807, 2.05) is 36.4 Å². The lowest BCUT2D eigenvalue weighted by Gasteiger charge is -2.37. The van der Waals surface area contributed by atoms with Crippen LogP contribution in [0.25, 0.3) is 33.4 Å². The molecule has 0 aromatic heterocycles. The van der Waals surface area contributed by atoms with E-state index in [1.165, 1.54) is 61.3 Å². The average molecular weight is 1240 g/mol. The highest BCUT2D eigenvalue weighted by molar-refractivity contribution is 5.93. The Labute approximate surface area is 545 Å². The number of aliphatic carboxylic acids is 2. The summed E-state index contributed by atoms with van der Waals surface area (Å²) in [5.41, 5.74) is 18.2. The van der Waals surface area contributed by atoms with Gasteiger partial charge in [-0.2, -0.15) is 0 Å². The molecule has 3 saturated carbocycles. The van der Waals surface area contributed by atoms with Crippen molar-refractivity contribution in [3.8, 4) is 0 Å². The molecule has 0 radical (unpaired) electrons. The zero-order valence-corrected chi connectivity index (χ0v) is 54.0. The number of ether oxygens (including phenoxy) is 4. The molecule has 0 heterocycles. The first-order valence-electron chi connectivity index (χ1n) is 33.4. The van der Waals surface area contributed by atoms with E-state index in [0.29, 0.717) is 25.6 Å². The van der Waals surface area contributed by atoms with Gasteiger partial charge in [0.1, 0.15) is 13.6 Å². The minimum absolute atomic E-state index is 0.0890. The van der Waals surface area contributed by atoms with E-state index in [4.69, 9.17) is 30.6 Å². The number of aliphatic hydroxyl groups excluding tert-OH is 2. The molecular formula is C82H94O10. The molecule has 6 aliphatic carbocycles. The van der Waals surface area contributed by atoms with Gasteiger partial charge in [0.15, 0.2) is 0 Å². The summed E-state index contributed by atoms with van der Waals surface area (Å²) in [4.78, 5) is 22.2. The van der Waals surface area contributed by atoms with Crippen LogP contribution in [-0.2, 0) is 28.5 Å². The molecule has 6 aromatic carbocycles. The molecule has 9 atom stereocenters. The number of fused-ring (bicyclic) bond motifs is 3. The van der Waals surface area contributed by atoms with E-state index >= 15 is 0 Å². The second kappa shape index (κ2) is 31.4. The van der Waals surface area contributed by atoms with Crippen LogP contribution in [0.15, 0.2) is 218 Å². The van der Waals surface area contributed by atoms with Crippen LogP contribution in [0.1, 0.15) is 149 Å². The Morgan fingerprint density at radius 3 is 1.07 bits per heavy atom. The number of hydrogen-bond donors (Lipinski definition) is 4. The highest BCUT2D eigenvalue weighted by atomic mass is 16.7. The van der Waals surface area contributed by atoms with E-state index in [9.17, 15) is 24.9 Å². The number of unbranched alkanes of at least 4 members (excludes halogenated alkanes) is 1. The normalized spacial score (nSPS) is 25.1. The molecule has 0 amide bonds. The monoisotopic (exact) mass is 1240 g/mol. The minimum Gasteiger partial charge on any atom is -0.481 e. The fourth-order valence-electron chi connectivity index (χ4n) is 17.4. The van der Waals surface area contributed by atoms with E-state index in [2.05, 4.69) is 159 Å². The maximum atomic E-state index is 11.2. The fourth-order valence-corrected chi connectivity index (χ4v) is 17.4. The van der Waals surface area contributed by atoms with E-state index < -0.39 is 11.9 Å². The van der Waals surface area contributed by atoms with Gasteiger partial charge in [0.25, 0.3) is 0 Å². The topological polar surface area (TPSA) is 152 Å². The predicted molar refractivity (Wildman–Crippen MR) is 369 cm³/mol. The summed E-state index contributed by atoms with van der Waals surface area (Å²) in [6.45, 7) is 14.8. The summed E-state index contributed by atoms with van der Waals surface area (Å²) >= 11 is 0. The zero-order chi connectivity index (χ0) is 64.7. The average Bonchev–Trinajstić information content (AvgIpc) is 1.57. The molecule has 10 nitrogen and oxygen atoms in total. The number of hydrogen-bond acceptors (Lipinski definition) is 8. The first-order valence-corrected chi connectivity index (χ1v) is 33.4. The van der Waals surface area contributed by atoms with Gasteiger partial charge in [-0.25, -0.2) is 0 Å². The minimum atomic E-state index is -0.756. The largest absolute Gasteiger partial charge is 0.481 e. The maximum absolute atomic E-state index is 11.2. The second-order valence-corrected chi connectivity index (χ2v) is 26.0. The van der Waals surface area contributed by atoms with Gasteiger partial charge in [-0.15, -0.1) is 0 Å². The molecular weight excluding hydrogens is 1140 g/mol. The standard InChI is InChI=1S/C28H32O4.C28H34O3.C26H28O3/c1-20(21-10-5-3-6-11-21)28-17-16-25(32-19-31-2)24(28)18-23(14-9-15-26(29)30)27(28)22-12-7-4-8-13-22;1-21(22-11-5-3-6-12-22)28-17-16-26(31-20-30-2)25(28)19-24(15-9-10-18-29)27(28)23-13-7-4-8-14-23;1-18(19-9-4-2-5-10-19)26-16-15-23(27)22(26)17-21(13-8-14-24(28)29)25(26)20-11-6-3-7-12-20/h3-8,10-13,24-25H,1,9,14-19H2,2H3,(H,29,30);3-8,11-14,25-26,29H,1,9-10,15-20H2,2H3;2-7,9-12,22-23,27H,1,8,13-17H2,(H,28,29)/t24?,25-,28+;25?,26-,28+;22?,23-,26+/m111/s1. The van der Waals surface area contributed by atoms with E-state index in [1.54, 1.807) is 14.2 Å². The van der Waals surface area contributed by atoms with Crippen LogP contribution in [-0.4, -0.2) is 85.1 Å². The summed E-state index contributed by atoms with van der Waals surface area (Å²) in [6.07, 6.45) is 14.3. The van der Waals surface area contributed by atoms with Gasteiger partial charge in [0.2, 0.25) is 0 Å². The summed E-state index contributed by atoms with van der Waals surface area (Å²) in [7, 11) is 3.35. The van der Waals surface area contributed by atoms with E-state index in [0.717, 1.165) is 112 Å². The number of carboxylic acid groups (broad SMARTS) is 2. The van der Waals surface area contributed by atoms with Crippen molar-refractivity contribution in [1.82, 2.24) is 0 Å². The van der Waals surface area contributed by atoms with Crippen molar-refractivity contribution >= 4 is 45.4 Å². The molecule has 6 aromatic rings. The molecule has 92 heavy (non-hydrogen) atoms. The molecule has 482 valence electrons. The fraction of sp³-hybridized carbons (Fsp3) is 0.390. The third-order valence-corrected chi connectivity index (χ3v) is 21.1. The Kier molecular flexibility index (Phi) is 23.0. The number of rotatable bonds is 27. The first-order chi connectivity index (χ1) is 44.8. The summed E-state index contributed by atoms with van der Waals surface area (Å²) in [5, 5.41) is 38.5. The van der Waals surface area contributed by atoms with Crippen molar-refractivity contribution in [2.45, 2.75) is 134 Å². The third kappa shape index (κ3) is 14.0. The Bertz CT molecular complexity index is 3560. The van der Waals surface area contributed by atoms with Crippen molar-refractivity contribution in [3.05, 3.63) is 252 Å². The SMILES string of the molecule is C=C(c1ccccc1)[C@@]12CC[C@@H](O)C1CC(CCCC(=O)O)=C2c1ccccc1.C=C(c1ccccc1)[C@@]12CC[C@@H](OCOC)C1CC(CCCC(=O)O)=C2c1ccccc1.C=C(c1ccccc1)[C@@]12CC[C@@H](OCOC)C1CC(CCCCO)=C2c1ccccc1. The van der Waals surface area contributed by atoms with Crippen molar-refractivity contribution in [2.24, 2.45) is 34.0 Å². The van der Waals surface area contributed by atoms with Crippen LogP contribution in [0.2, 0.25) is 0 Å². The highest BCUT2D eigenvalue weighted by Crippen LogP contribution is 2.69. The Morgan fingerprint density at radius 2 is 0.739 bits per heavy atom. The number of methoxy groups -OCH3 is 2. The summed E-state index contributed by atoms with van der Waals surface area (Å²) in [6, 6.07) is 63.1. The molecule has 0 aliphatic heterocycles. The van der Waals surface area contributed by atoms with Gasteiger partial charge in [-0.05, 0) is 170 Å². The molecule has 4 N–H and O–H groups in total. The van der Waals surface area contributed by atoms with Crippen LogP contribution in [0.4, 0.5) is 0 Å².